The quantitative estimate of drug-likeness (QED) is 0.736. The molecular weight excluding hydrogens is 340 g/mol. The Morgan fingerprint density at radius 3 is 2.59 bits per heavy atom. The van der Waals surface area contributed by atoms with Crippen molar-refractivity contribution < 1.29 is 19.5 Å². The maximum atomic E-state index is 10.4. The van der Waals surface area contributed by atoms with Gasteiger partial charge in [0.05, 0.1) is 19.8 Å². The van der Waals surface area contributed by atoms with Gasteiger partial charge in [-0.05, 0) is 26.0 Å². The second-order valence-corrected chi connectivity index (χ2v) is 6.80. The molecule has 0 amide bonds. The van der Waals surface area contributed by atoms with Crippen LogP contribution in [0, 0.1) is 0 Å². The van der Waals surface area contributed by atoms with Crippen LogP contribution in [0.2, 0.25) is 0 Å². The predicted octanol–water partition coefficient (Wildman–Crippen LogP) is 2.25. The number of benzene rings is 2. The number of phenols is 1. The Morgan fingerprint density at radius 1 is 1.15 bits per heavy atom. The lowest BCUT2D eigenvalue weighted by Crippen LogP contribution is -3.15. The van der Waals surface area contributed by atoms with Crippen molar-refractivity contribution in [2.75, 3.05) is 32.9 Å². The molecule has 2 aromatic rings. The van der Waals surface area contributed by atoms with Crippen LogP contribution in [0.15, 0.2) is 53.5 Å². The molecule has 3 rings (SSSR count). The minimum Gasteiger partial charge on any atom is -0.504 e. The average Bonchev–Trinajstić information content (AvgIpc) is 2.71. The summed E-state index contributed by atoms with van der Waals surface area (Å²) in [4.78, 5) is 6.30. The van der Waals surface area contributed by atoms with Crippen LogP contribution in [-0.2, 0) is 4.74 Å². The zero-order valence-corrected chi connectivity index (χ0v) is 16.1. The number of hydrogen-bond donors (Lipinski definition) is 2. The first-order valence-electron chi connectivity index (χ1n) is 9.66. The van der Waals surface area contributed by atoms with E-state index in [1.54, 1.807) is 12.3 Å². The van der Waals surface area contributed by atoms with Gasteiger partial charge >= 0.3 is 0 Å². The molecule has 0 unspecified atom stereocenters. The van der Waals surface area contributed by atoms with Crippen molar-refractivity contribution in [3.8, 4) is 11.5 Å². The zero-order valence-electron chi connectivity index (χ0n) is 16.1. The normalized spacial score (nSPS) is 17.7. The molecule has 0 bridgehead atoms. The number of quaternary nitrogens is 1. The number of aliphatic imine (C=N–C) groups is 1. The summed E-state index contributed by atoms with van der Waals surface area (Å²) in [5.74, 6) is 0.637. The fourth-order valence-electron chi connectivity index (χ4n) is 3.66. The third kappa shape index (κ3) is 4.87. The van der Waals surface area contributed by atoms with Crippen molar-refractivity contribution in [3.05, 3.63) is 59.7 Å². The molecule has 0 saturated carbocycles. The van der Waals surface area contributed by atoms with E-state index in [0.717, 1.165) is 26.3 Å². The Hall–Kier alpha value is -2.37. The minimum absolute atomic E-state index is 0.0654. The smallest absolute Gasteiger partial charge is 0.166 e. The summed E-state index contributed by atoms with van der Waals surface area (Å²) < 4.78 is 11.0. The van der Waals surface area contributed by atoms with Gasteiger partial charge in [-0.15, -0.1) is 0 Å². The summed E-state index contributed by atoms with van der Waals surface area (Å²) in [6.07, 6.45) is 1.76. The highest BCUT2D eigenvalue weighted by Crippen LogP contribution is 2.29. The van der Waals surface area contributed by atoms with E-state index in [1.807, 2.05) is 25.1 Å². The van der Waals surface area contributed by atoms with Crippen LogP contribution in [0.1, 0.15) is 31.0 Å². The lowest BCUT2D eigenvalue weighted by molar-refractivity contribution is -0.940. The van der Waals surface area contributed by atoms with Crippen LogP contribution in [-0.4, -0.2) is 50.3 Å². The number of hydrogen-bond acceptors (Lipinski definition) is 4. The number of nitrogens with one attached hydrogen (secondary N) is 1. The van der Waals surface area contributed by atoms with E-state index in [-0.39, 0.29) is 17.8 Å². The highest BCUT2D eigenvalue weighted by atomic mass is 16.5. The molecule has 0 spiro atoms. The van der Waals surface area contributed by atoms with Gasteiger partial charge in [0.2, 0.25) is 0 Å². The van der Waals surface area contributed by atoms with Crippen molar-refractivity contribution in [2.24, 2.45) is 4.99 Å². The highest BCUT2D eigenvalue weighted by molar-refractivity contribution is 5.84. The number of rotatable bonds is 7. The Labute approximate surface area is 161 Å². The zero-order chi connectivity index (χ0) is 19.1. The second-order valence-electron chi connectivity index (χ2n) is 6.80. The number of para-hydroxylation sites is 1. The Morgan fingerprint density at radius 2 is 1.89 bits per heavy atom. The van der Waals surface area contributed by atoms with Crippen LogP contribution in [0.3, 0.4) is 0 Å². The van der Waals surface area contributed by atoms with Gasteiger partial charge in [0.15, 0.2) is 11.5 Å². The third-order valence-corrected chi connectivity index (χ3v) is 4.99. The lowest BCUT2D eigenvalue weighted by Gasteiger charge is -2.33. The fraction of sp³-hybridized carbons (Fsp3) is 0.409. The molecule has 144 valence electrons. The number of nitrogens with zero attached hydrogens (tertiary/aromatic N) is 1. The van der Waals surface area contributed by atoms with Gasteiger partial charge in [0, 0.05) is 17.3 Å². The van der Waals surface area contributed by atoms with Gasteiger partial charge in [0.25, 0.3) is 0 Å². The topological polar surface area (TPSA) is 55.5 Å². The first kappa shape index (κ1) is 19.4. The van der Waals surface area contributed by atoms with Crippen LogP contribution < -0.4 is 9.64 Å². The summed E-state index contributed by atoms with van der Waals surface area (Å²) in [5, 5.41) is 10.4. The molecule has 27 heavy (non-hydrogen) atoms. The molecule has 2 atom stereocenters. The van der Waals surface area contributed by atoms with Crippen molar-refractivity contribution in [3.63, 3.8) is 0 Å². The van der Waals surface area contributed by atoms with Gasteiger partial charge in [-0.1, -0.05) is 36.4 Å². The van der Waals surface area contributed by atoms with Crippen LogP contribution in [0.4, 0.5) is 0 Å². The molecule has 1 aliphatic rings. The second kappa shape index (κ2) is 9.53. The molecule has 1 heterocycles. The number of aromatic hydroxyl groups is 1. The monoisotopic (exact) mass is 369 g/mol. The standard InChI is InChI=1S/C22H28N2O3/c1-3-27-20-11-7-10-19(22(20)25)16-23-17(2)21(18-8-5-4-6-9-18)24-12-14-26-15-13-24/h4-11,16-17,21,25H,3,12-15H2,1-2H3/p+1/t17-,21-/m0/s1. The first-order chi connectivity index (χ1) is 13.2. The van der Waals surface area contributed by atoms with E-state index < -0.39 is 0 Å². The molecule has 0 aliphatic carbocycles. The fourth-order valence-corrected chi connectivity index (χ4v) is 3.66. The molecule has 0 aromatic heterocycles. The summed E-state index contributed by atoms with van der Waals surface area (Å²) in [6, 6.07) is 16.4. The summed E-state index contributed by atoms with van der Waals surface area (Å²) in [6.45, 7) is 8.08. The van der Waals surface area contributed by atoms with E-state index in [0.29, 0.717) is 17.9 Å². The number of morpholine rings is 1. The van der Waals surface area contributed by atoms with Gasteiger partial charge in [-0.2, -0.15) is 0 Å². The van der Waals surface area contributed by atoms with Crippen LogP contribution >= 0.6 is 0 Å². The maximum Gasteiger partial charge on any atom is 0.166 e. The van der Waals surface area contributed by atoms with E-state index in [9.17, 15) is 5.11 Å². The third-order valence-electron chi connectivity index (χ3n) is 4.99. The van der Waals surface area contributed by atoms with Gasteiger partial charge in [0.1, 0.15) is 25.2 Å². The molecule has 1 fully saturated rings. The Balaban J connectivity index is 1.83. The Bertz CT molecular complexity index is 742. The SMILES string of the molecule is CCOc1cccc(C=N[C@@H](C)[C@@H](c2ccccc2)[NH+]2CCOCC2)c1O. The van der Waals surface area contributed by atoms with E-state index in [1.165, 1.54) is 10.5 Å². The van der Waals surface area contributed by atoms with Gasteiger partial charge < -0.3 is 19.5 Å². The maximum absolute atomic E-state index is 10.4. The van der Waals surface area contributed by atoms with Gasteiger partial charge in [-0.3, -0.25) is 4.99 Å². The van der Waals surface area contributed by atoms with E-state index in [4.69, 9.17) is 14.5 Å². The molecule has 2 N–H and O–H groups in total. The Kier molecular flexibility index (Phi) is 6.85. The van der Waals surface area contributed by atoms with Gasteiger partial charge in [-0.25, -0.2) is 0 Å². The summed E-state index contributed by atoms with van der Waals surface area (Å²) >= 11 is 0. The van der Waals surface area contributed by atoms with E-state index >= 15 is 0 Å². The van der Waals surface area contributed by atoms with Crippen molar-refractivity contribution in [1.29, 1.82) is 0 Å². The lowest BCUT2D eigenvalue weighted by atomic mass is 9.98. The highest BCUT2D eigenvalue weighted by Gasteiger charge is 2.30. The molecule has 5 nitrogen and oxygen atoms in total. The average molecular weight is 369 g/mol. The molecule has 1 saturated heterocycles. The molecule has 1 aliphatic heterocycles. The van der Waals surface area contributed by atoms with Crippen LogP contribution in [0.5, 0.6) is 11.5 Å². The van der Waals surface area contributed by atoms with Crippen molar-refractivity contribution in [1.82, 2.24) is 0 Å². The largest absolute Gasteiger partial charge is 0.504 e. The van der Waals surface area contributed by atoms with E-state index in [2.05, 4.69) is 31.2 Å². The minimum atomic E-state index is 0.0654. The molecule has 2 aromatic carbocycles. The summed E-state index contributed by atoms with van der Waals surface area (Å²) in [5.41, 5.74) is 1.96. The van der Waals surface area contributed by atoms with Crippen molar-refractivity contribution >= 4 is 6.21 Å². The molecular formula is C22H29N2O3+. The first-order valence-corrected chi connectivity index (χ1v) is 9.66. The predicted molar refractivity (Wildman–Crippen MR) is 107 cm³/mol. The molecule has 5 heteroatoms. The van der Waals surface area contributed by atoms with Crippen molar-refractivity contribution in [2.45, 2.75) is 25.9 Å². The number of ether oxygens (including phenoxy) is 2. The number of phenolic OH excluding ortho intramolecular Hbond substituents is 1. The molecule has 0 radical (unpaired) electrons. The van der Waals surface area contributed by atoms with Crippen LogP contribution in [0.25, 0.3) is 0 Å². The summed E-state index contributed by atoms with van der Waals surface area (Å²) in [7, 11) is 0.